The summed E-state index contributed by atoms with van der Waals surface area (Å²) in [5.41, 5.74) is 0.494. The van der Waals surface area contributed by atoms with E-state index in [9.17, 15) is 0 Å². The van der Waals surface area contributed by atoms with Gasteiger partial charge in [0.05, 0.1) is 12.7 Å². The molecule has 0 aliphatic carbocycles. The van der Waals surface area contributed by atoms with E-state index >= 15 is 0 Å². The van der Waals surface area contributed by atoms with Gasteiger partial charge in [0.1, 0.15) is 10.8 Å². The fourth-order valence-electron chi connectivity index (χ4n) is 4.04. The molecule has 4 heterocycles. The van der Waals surface area contributed by atoms with Crippen molar-refractivity contribution in [3.63, 3.8) is 0 Å². The summed E-state index contributed by atoms with van der Waals surface area (Å²) in [6.45, 7) is 5.66. The summed E-state index contributed by atoms with van der Waals surface area (Å²) < 4.78 is 0. The number of anilines is 1. The third-order valence-electron chi connectivity index (χ3n) is 5.28. The van der Waals surface area contributed by atoms with Crippen LogP contribution in [0.25, 0.3) is 0 Å². The zero-order valence-electron chi connectivity index (χ0n) is 13.4. The summed E-state index contributed by atoms with van der Waals surface area (Å²) in [4.78, 5) is 18.1. The van der Waals surface area contributed by atoms with Gasteiger partial charge in [0, 0.05) is 43.6 Å². The number of likely N-dealkylation sites (tertiary alicyclic amines) is 1. The van der Waals surface area contributed by atoms with Crippen molar-refractivity contribution in [3.05, 3.63) is 35.2 Å². The van der Waals surface area contributed by atoms with Crippen LogP contribution in [0.5, 0.6) is 0 Å². The fourth-order valence-corrected chi connectivity index (χ4v) is 4.70. The number of piperidine rings is 2. The van der Waals surface area contributed by atoms with E-state index in [2.05, 4.69) is 30.1 Å². The lowest BCUT2D eigenvalue weighted by molar-refractivity contribution is 0.0604. The highest BCUT2D eigenvalue weighted by Crippen LogP contribution is 2.40. The van der Waals surface area contributed by atoms with E-state index in [1.54, 1.807) is 23.7 Å². The van der Waals surface area contributed by atoms with Gasteiger partial charge in [-0.25, -0.2) is 9.97 Å². The van der Waals surface area contributed by atoms with Gasteiger partial charge in [-0.3, -0.25) is 9.88 Å². The average Bonchev–Trinajstić information content (AvgIpc) is 3.10. The Balaban J connectivity index is 1.38. The van der Waals surface area contributed by atoms with Crippen LogP contribution in [0.3, 0.4) is 0 Å². The maximum absolute atomic E-state index is 4.45. The second kappa shape index (κ2) is 6.53. The lowest BCUT2D eigenvalue weighted by atomic mass is 9.72. The number of hydrogen-bond acceptors (Lipinski definition) is 6. The second-order valence-electron chi connectivity index (χ2n) is 6.79. The SMILES string of the molecule is c1cnc(N2CCC3(CCCN(Cc4nccs4)C3)CC2)cn1. The molecule has 2 aromatic rings. The van der Waals surface area contributed by atoms with Gasteiger partial charge >= 0.3 is 0 Å². The third kappa shape index (κ3) is 3.38. The molecule has 2 aliphatic heterocycles. The zero-order chi connectivity index (χ0) is 15.5. The molecule has 0 radical (unpaired) electrons. The Labute approximate surface area is 141 Å². The smallest absolute Gasteiger partial charge is 0.147 e. The van der Waals surface area contributed by atoms with E-state index < -0.39 is 0 Å². The quantitative estimate of drug-likeness (QED) is 0.866. The van der Waals surface area contributed by atoms with Crippen LogP contribution in [-0.2, 0) is 6.54 Å². The minimum Gasteiger partial charge on any atom is -0.355 e. The summed E-state index contributed by atoms with van der Waals surface area (Å²) in [6, 6.07) is 0. The van der Waals surface area contributed by atoms with Gasteiger partial charge in [-0.15, -0.1) is 11.3 Å². The number of thiazole rings is 1. The van der Waals surface area contributed by atoms with Crippen LogP contribution in [0.2, 0.25) is 0 Å². The molecule has 0 unspecified atom stereocenters. The summed E-state index contributed by atoms with van der Waals surface area (Å²) in [5.74, 6) is 1.03. The van der Waals surface area contributed by atoms with E-state index in [1.807, 2.05) is 12.4 Å². The molecule has 23 heavy (non-hydrogen) atoms. The number of hydrogen-bond donors (Lipinski definition) is 0. The Morgan fingerprint density at radius 3 is 2.70 bits per heavy atom. The predicted molar refractivity (Wildman–Crippen MR) is 92.5 cm³/mol. The standard InChI is InChI=1S/C17H23N5S/c1-2-17(14-21(8-1)13-16-20-7-11-23-16)3-9-22(10-4-17)15-12-18-5-6-19-15/h5-7,11-12H,1-4,8-10,13-14H2. The van der Waals surface area contributed by atoms with Crippen molar-refractivity contribution in [2.75, 3.05) is 31.1 Å². The van der Waals surface area contributed by atoms with E-state index in [0.29, 0.717) is 5.41 Å². The third-order valence-corrected chi connectivity index (χ3v) is 6.04. The molecule has 0 saturated carbocycles. The highest BCUT2D eigenvalue weighted by Gasteiger charge is 2.38. The molecule has 2 saturated heterocycles. The summed E-state index contributed by atoms with van der Waals surface area (Å²) in [5, 5.41) is 3.33. The number of aromatic nitrogens is 3. The molecule has 0 N–H and O–H groups in total. The van der Waals surface area contributed by atoms with E-state index in [4.69, 9.17) is 0 Å². The van der Waals surface area contributed by atoms with Crippen molar-refractivity contribution in [3.8, 4) is 0 Å². The first-order chi connectivity index (χ1) is 11.3. The van der Waals surface area contributed by atoms with Crippen molar-refractivity contribution >= 4 is 17.2 Å². The lowest BCUT2D eigenvalue weighted by Gasteiger charge is -2.47. The summed E-state index contributed by atoms with van der Waals surface area (Å²) in [7, 11) is 0. The molecule has 4 rings (SSSR count). The van der Waals surface area contributed by atoms with Crippen LogP contribution >= 0.6 is 11.3 Å². The number of nitrogens with zero attached hydrogens (tertiary/aromatic N) is 5. The lowest BCUT2D eigenvalue weighted by Crippen LogP contribution is -2.49. The van der Waals surface area contributed by atoms with Gasteiger partial charge in [-0.2, -0.15) is 0 Å². The first-order valence-corrected chi connectivity index (χ1v) is 9.33. The van der Waals surface area contributed by atoms with Crippen LogP contribution in [0.15, 0.2) is 30.2 Å². The Kier molecular flexibility index (Phi) is 4.27. The molecular weight excluding hydrogens is 306 g/mol. The molecule has 2 fully saturated rings. The maximum atomic E-state index is 4.45. The molecule has 0 atom stereocenters. The molecule has 1 spiro atoms. The molecular formula is C17H23N5S. The van der Waals surface area contributed by atoms with Gasteiger partial charge in [0.2, 0.25) is 0 Å². The van der Waals surface area contributed by atoms with Crippen LogP contribution in [0.1, 0.15) is 30.7 Å². The average molecular weight is 329 g/mol. The Morgan fingerprint density at radius 2 is 1.96 bits per heavy atom. The zero-order valence-corrected chi connectivity index (χ0v) is 14.2. The summed E-state index contributed by atoms with van der Waals surface area (Å²) >= 11 is 1.77. The largest absolute Gasteiger partial charge is 0.355 e. The first-order valence-electron chi connectivity index (χ1n) is 8.45. The molecule has 0 bridgehead atoms. The number of rotatable bonds is 3. The van der Waals surface area contributed by atoms with Gasteiger partial charge in [-0.05, 0) is 37.6 Å². The van der Waals surface area contributed by atoms with Crippen molar-refractivity contribution in [1.29, 1.82) is 0 Å². The molecule has 0 amide bonds. The Hall–Kier alpha value is -1.53. The fraction of sp³-hybridized carbons (Fsp3) is 0.588. The first kappa shape index (κ1) is 15.0. The molecule has 122 valence electrons. The van der Waals surface area contributed by atoms with Crippen molar-refractivity contribution in [1.82, 2.24) is 19.9 Å². The molecule has 0 aromatic carbocycles. The minimum absolute atomic E-state index is 0.494. The molecule has 5 nitrogen and oxygen atoms in total. The monoisotopic (exact) mass is 329 g/mol. The highest BCUT2D eigenvalue weighted by atomic mass is 32.1. The van der Waals surface area contributed by atoms with E-state index in [0.717, 1.165) is 25.5 Å². The Morgan fingerprint density at radius 1 is 1.04 bits per heavy atom. The second-order valence-corrected chi connectivity index (χ2v) is 7.77. The van der Waals surface area contributed by atoms with E-state index in [-0.39, 0.29) is 0 Å². The van der Waals surface area contributed by atoms with E-state index in [1.165, 1.54) is 43.8 Å². The topological polar surface area (TPSA) is 45.2 Å². The van der Waals surface area contributed by atoms with Crippen molar-refractivity contribution < 1.29 is 0 Å². The highest BCUT2D eigenvalue weighted by molar-refractivity contribution is 7.09. The van der Waals surface area contributed by atoms with Gasteiger partial charge < -0.3 is 4.90 Å². The molecule has 6 heteroatoms. The Bertz CT molecular complexity index is 607. The molecule has 2 aliphatic rings. The molecule has 2 aromatic heterocycles. The maximum Gasteiger partial charge on any atom is 0.147 e. The van der Waals surface area contributed by atoms with Crippen LogP contribution in [0, 0.1) is 5.41 Å². The van der Waals surface area contributed by atoms with Crippen LogP contribution in [-0.4, -0.2) is 46.0 Å². The van der Waals surface area contributed by atoms with Crippen LogP contribution in [0.4, 0.5) is 5.82 Å². The van der Waals surface area contributed by atoms with Crippen LogP contribution < -0.4 is 4.90 Å². The van der Waals surface area contributed by atoms with Crippen molar-refractivity contribution in [2.24, 2.45) is 5.41 Å². The normalized spacial score (nSPS) is 21.7. The van der Waals surface area contributed by atoms with Gasteiger partial charge in [-0.1, -0.05) is 0 Å². The van der Waals surface area contributed by atoms with Crippen molar-refractivity contribution in [2.45, 2.75) is 32.2 Å². The van der Waals surface area contributed by atoms with Gasteiger partial charge in [0.25, 0.3) is 0 Å². The van der Waals surface area contributed by atoms with Gasteiger partial charge in [0.15, 0.2) is 0 Å². The summed E-state index contributed by atoms with van der Waals surface area (Å²) in [6.07, 6.45) is 12.5. The predicted octanol–water partition coefficient (Wildman–Crippen LogP) is 2.82. The minimum atomic E-state index is 0.494.